The smallest absolute Gasteiger partial charge is 0.344 e. The van der Waals surface area contributed by atoms with Crippen LogP contribution in [0.15, 0.2) is 42.5 Å². The summed E-state index contributed by atoms with van der Waals surface area (Å²) in [6, 6.07) is 8.47. The van der Waals surface area contributed by atoms with E-state index >= 15 is 0 Å². The fraction of sp³-hybridized carbons (Fsp3) is 0.211. The maximum absolute atomic E-state index is 13.0. The zero-order valence-corrected chi connectivity index (χ0v) is 17.9. The van der Waals surface area contributed by atoms with Crippen molar-refractivity contribution in [1.29, 1.82) is 0 Å². The Hall–Kier alpha value is -3.80. The highest BCUT2D eigenvalue weighted by Crippen LogP contribution is 2.27. The minimum Gasteiger partial charge on any atom is -0.465 e. The van der Waals surface area contributed by atoms with Crippen LogP contribution in [0.5, 0.6) is 0 Å². The van der Waals surface area contributed by atoms with Crippen LogP contribution in [0, 0.1) is 10.1 Å². The third-order valence-corrected chi connectivity index (χ3v) is 5.35. The van der Waals surface area contributed by atoms with Crippen LogP contribution in [-0.2, 0) is 19.6 Å². The van der Waals surface area contributed by atoms with Gasteiger partial charge in [-0.25, -0.2) is 17.5 Å². The van der Waals surface area contributed by atoms with E-state index in [1.54, 1.807) is 0 Å². The minimum atomic E-state index is -4.14. The Morgan fingerprint density at radius 3 is 2.03 bits per heavy atom. The Morgan fingerprint density at radius 2 is 1.58 bits per heavy atom. The van der Waals surface area contributed by atoms with Gasteiger partial charge in [0.05, 0.1) is 24.0 Å². The van der Waals surface area contributed by atoms with Gasteiger partial charge in [0.15, 0.2) is 0 Å². The average Bonchev–Trinajstić information content (AvgIpc) is 2.71. The van der Waals surface area contributed by atoms with E-state index in [0.717, 1.165) is 31.6 Å². The second-order valence-corrected chi connectivity index (χ2v) is 8.24. The summed E-state index contributed by atoms with van der Waals surface area (Å²) >= 11 is 0. The van der Waals surface area contributed by atoms with Crippen LogP contribution >= 0.6 is 0 Å². The predicted octanol–water partition coefficient (Wildman–Crippen LogP) is 1.97. The molecule has 2 aromatic rings. The van der Waals surface area contributed by atoms with Crippen molar-refractivity contribution in [2.45, 2.75) is 6.92 Å². The number of sulfonamides is 1. The van der Waals surface area contributed by atoms with Gasteiger partial charge in [0.2, 0.25) is 15.9 Å². The lowest BCUT2D eigenvalue weighted by atomic mass is 10.1. The predicted molar refractivity (Wildman–Crippen MR) is 112 cm³/mol. The van der Waals surface area contributed by atoms with E-state index in [-0.39, 0.29) is 22.7 Å². The molecule has 0 heterocycles. The lowest BCUT2D eigenvalue weighted by Crippen LogP contribution is -2.36. The minimum absolute atomic E-state index is 0.0344. The summed E-state index contributed by atoms with van der Waals surface area (Å²) in [5.74, 6) is -2.28. The average molecular weight is 449 g/mol. The number of rotatable bonds is 6. The first-order valence-electron chi connectivity index (χ1n) is 8.64. The molecule has 0 bridgehead atoms. The van der Waals surface area contributed by atoms with E-state index in [2.05, 4.69) is 4.74 Å². The molecule has 2 rings (SSSR count). The summed E-state index contributed by atoms with van der Waals surface area (Å²) in [5, 5.41) is 11.3. The zero-order chi connectivity index (χ0) is 23.5. The molecule has 2 amide bonds. The van der Waals surface area contributed by atoms with E-state index in [4.69, 9.17) is 0 Å². The number of nitro benzene ring substituents is 1. The van der Waals surface area contributed by atoms with Crippen molar-refractivity contribution in [3.05, 3.63) is 63.7 Å². The Bertz CT molecular complexity index is 1160. The molecule has 31 heavy (non-hydrogen) atoms. The largest absolute Gasteiger partial charge is 0.465 e. The van der Waals surface area contributed by atoms with Crippen LogP contribution in [0.2, 0.25) is 0 Å². The summed E-state index contributed by atoms with van der Waals surface area (Å²) in [5.41, 5.74) is -0.978. The van der Waals surface area contributed by atoms with Crippen molar-refractivity contribution in [3.63, 3.8) is 0 Å². The molecule has 12 heteroatoms. The number of anilines is 2. The number of benzene rings is 2. The number of carbonyl (C=O) groups excluding carboxylic acids is 3. The molecular weight excluding hydrogens is 430 g/mol. The fourth-order valence-electron chi connectivity index (χ4n) is 2.67. The number of esters is 1. The topological polar surface area (TPSA) is 144 Å². The summed E-state index contributed by atoms with van der Waals surface area (Å²) in [7, 11) is -1.57. The van der Waals surface area contributed by atoms with Gasteiger partial charge >= 0.3 is 5.97 Å². The van der Waals surface area contributed by atoms with Crippen molar-refractivity contribution >= 4 is 44.9 Å². The normalized spacial score (nSPS) is 10.8. The van der Waals surface area contributed by atoms with Crippen molar-refractivity contribution in [2.24, 2.45) is 0 Å². The Labute approximate surface area is 178 Å². The number of methoxy groups -OCH3 is 1. The molecule has 0 aliphatic carbocycles. The SMILES string of the molecule is COC(=O)c1ccc(C(=O)N(c2ccc(N(C)C(C)=O)cc2)S(C)(=O)=O)cc1[N+](=O)[O-]. The summed E-state index contributed by atoms with van der Waals surface area (Å²) in [6.07, 6.45) is 0.803. The number of carbonyl (C=O) groups is 3. The molecule has 0 radical (unpaired) electrons. The highest BCUT2D eigenvalue weighted by Gasteiger charge is 2.30. The molecule has 0 saturated heterocycles. The molecule has 0 fully saturated rings. The van der Waals surface area contributed by atoms with Gasteiger partial charge in [0.1, 0.15) is 5.56 Å². The lowest BCUT2D eigenvalue weighted by molar-refractivity contribution is -0.385. The summed E-state index contributed by atoms with van der Waals surface area (Å²) in [4.78, 5) is 48.0. The number of ether oxygens (including phenoxy) is 1. The van der Waals surface area contributed by atoms with Gasteiger partial charge in [0, 0.05) is 31.3 Å². The highest BCUT2D eigenvalue weighted by atomic mass is 32.2. The molecule has 0 spiro atoms. The van der Waals surface area contributed by atoms with E-state index in [1.807, 2.05) is 0 Å². The van der Waals surface area contributed by atoms with Crippen molar-refractivity contribution in [3.8, 4) is 0 Å². The monoisotopic (exact) mass is 449 g/mol. The molecule has 0 atom stereocenters. The number of hydrogen-bond acceptors (Lipinski definition) is 8. The van der Waals surface area contributed by atoms with Crippen molar-refractivity contribution in [2.75, 3.05) is 29.6 Å². The molecule has 164 valence electrons. The van der Waals surface area contributed by atoms with E-state index in [1.165, 1.54) is 43.1 Å². The van der Waals surface area contributed by atoms with Crippen molar-refractivity contribution < 1.29 is 32.5 Å². The summed E-state index contributed by atoms with van der Waals surface area (Å²) in [6.45, 7) is 1.35. The summed E-state index contributed by atoms with van der Waals surface area (Å²) < 4.78 is 29.6. The number of nitro groups is 1. The molecule has 11 nitrogen and oxygen atoms in total. The first-order valence-corrected chi connectivity index (χ1v) is 10.5. The zero-order valence-electron chi connectivity index (χ0n) is 17.1. The quantitative estimate of drug-likeness (QED) is 0.370. The standard InChI is InChI=1S/C19H19N3O8S/c1-12(23)20(2)14-6-8-15(9-7-14)21(31(4,28)29)18(24)13-5-10-16(19(25)30-3)17(11-13)22(26)27/h5-11H,1-4H3. The molecule has 0 unspecified atom stereocenters. The van der Waals surface area contributed by atoms with Crippen LogP contribution in [-0.4, -0.2) is 51.5 Å². The van der Waals surface area contributed by atoms with Crippen LogP contribution in [0.25, 0.3) is 0 Å². The van der Waals surface area contributed by atoms with Crippen LogP contribution in [0.3, 0.4) is 0 Å². The number of nitrogens with zero attached hydrogens (tertiary/aromatic N) is 3. The van der Waals surface area contributed by atoms with Gasteiger partial charge in [-0.2, -0.15) is 0 Å². The molecular formula is C19H19N3O8S. The van der Waals surface area contributed by atoms with Crippen LogP contribution in [0.4, 0.5) is 17.1 Å². The fourth-order valence-corrected chi connectivity index (χ4v) is 3.58. The van der Waals surface area contributed by atoms with Gasteiger partial charge in [-0.15, -0.1) is 0 Å². The lowest BCUT2D eigenvalue weighted by Gasteiger charge is -2.22. The maximum Gasteiger partial charge on any atom is 0.344 e. The Kier molecular flexibility index (Phi) is 6.75. The van der Waals surface area contributed by atoms with E-state index < -0.39 is 32.5 Å². The third kappa shape index (κ3) is 5.04. The van der Waals surface area contributed by atoms with E-state index in [9.17, 15) is 32.9 Å². The maximum atomic E-state index is 13.0. The number of amides is 2. The Morgan fingerprint density at radius 1 is 1.03 bits per heavy atom. The Balaban J connectivity index is 2.55. The molecule has 0 aromatic heterocycles. The van der Waals surface area contributed by atoms with E-state index in [0.29, 0.717) is 9.99 Å². The second kappa shape index (κ2) is 8.92. The van der Waals surface area contributed by atoms with Gasteiger partial charge < -0.3 is 9.64 Å². The number of hydrogen-bond donors (Lipinski definition) is 0. The molecule has 0 aliphatic heterocycles. The highest BCUT2D eigenvalue weighted by molar-refractivity contribution is 7.92. The molecule has 2 aromatic carbocycles. The molecule has 0 saturated carbocycles. The molecule has 0 aliphatic rings. The first-order chi connectivity index (χ1) is 14.4. The van der Waals surface area contributed by atoms with Gasteiger partial charge in [-0.1, -0.05) is 0 Å². The van der Waals surface area contributed by atoms with Crippen LogP contribution < -0.4 is 9.21 Å². The van der Waals surface area contributed by atoms with Crippen LogP contribution in [0.1, 0.15) is 27.6 Å². The molecule has 0 N–H and O–H groups in total. The van der Waals surface area contributed by atoms with Gasteiger partial charge in [-0.3, -0.25) is 19.7 Å². The van der Waals surface area contributed by atoms with Gasteiger partial charge in [0.25, 0.3) is 11.6 Å². The van der Waals surface area contributed by atoms with Gasteiger partial charge in [-0.05, 0) is 36.4 Å². The first kappa shape index (κ1) is 23.5. The second-order valence-electron chi connectivity index (χ2n) is 6.41. The third-order valence-electron chi connectivity index (χ3n) is 4.31. The van der Waals surface area contributed by atoms with Crippen molar-refractivity contribution in [1.82, 2.24) is 0 Å².